The van der Waals surface area contributed by atoms with Gasteiger partial charge in [0.2, 0.25) is 0 Å². The zero-order chi connectivity index (χ0) is 14.5. The van der Waals surface area contributed by atoms with Gasteiger partial charge in [0.25, 0.3) is 5.91 Å². The first-order chi connectivity index (χ1) is 9.67. The molecule has 0 aliphatic heterocycles. The Bertz CT molecular complexity index is 574. The summed E-state index contributed by atoms with van der Waals surface area (Å²) < 4.78 is 0. The number of hydrogen-bond acceptors (Lipinski definition) is 3. The SMILES string of the molecule is CCN(CCO)C(=O)c1sccc1-c1ccc(C)cc1. The maximum Gasteiger partial charge on any atom is 0.264 e. The van der Waals surface area contributed by atoms with Crippen LogP contribution in [-0.2, 0) is 0 Å². The molecule has 0 spiro atoms. The molecule has 3 nitrogen and oxygen atoms in total. The number of amides is 1. The minimum Gasteiger partial charge on any atom is -0.395 e. The molecule has 0 aliphatic rings. The number of aryl methyl sites for hydroxylation is 1. The van der Waals surface area contributed by atoms with Crippen LogP contribution in [0.5, 0.6) is 0 Å². The van der Waals surface area contributed by atoms with Gasteiger partial charge in [0.15, 0.2) is 0 Å². The van der Waals surface area contributed by atoms with Crippen molar-refractivity contribution in [2.45, 2.75) is 13.8 Å². The fourth-order valence-corrected chi connectivity index (χ4v) is 2.99. The number of carbonyl (C=O) groups excluding carboxylic acids is 1. The molecule has 20 heavy (non-hydrogen) atoms. The molecule has 2 rings (SSSR count). The van der Waals surface area contributed by atoms with Crippen LogP contribution in [0.3, 0.4) is 0 Å². The number of rotatable bonds is 5. The molecule has 0 aliphatic carbocycles. The number of thiophene rings is 1. The van der Waals surface area contributed by atoms with E-state index >= 15 is 0 Å². The topological polar surface area (TPSA) is 40.5 Å². The van der Waals surface area contributed by atoms with E-state index in [9.17, 15) is 4.79 Å². The number of likely N-dealkylation sites (N-methyl/N-ethyl adjacent to an activating group) is 1. The van der Waals surface area contributed by atoms with Gasteiger partial charge in [-0.2, -0.15) is 0 Å². The lowest BCUT2D eigenvalue weighted by molar-refractivity contribution is 0.0737. The lowest BCUT2D eigenvalue weighted by Gasteiger charge is -2.19. The first-order valence-corrected chi connectivity index (χ1v) is 7.60. The van der Waals surface area contributed by atoms with Crippen molar-refractivity contribution in [1.29, 1.82) is 0 Å². The summed E-state index contributed by atoms with van der Waals surface area (Å²) in [6.45, 7) is 4.94. The second-order valence-corrected chi connectivity index (χ2v) is 5.55. The van der Waals surface area contributed by atoms with Crippen LogP contribution in [0.2, 0.25) is 0 Å². The van der Waals surface area contributed by atoms with Crippen molar-refractivity contribution in [2.24, 2.45) is 0 Å². The normalized spacial score (nSPS) is 10.6. The quantitative estimate of drug-likeness (QED) is 0.918. The van der Waals surface area contributed by atoms with E-state index in [2.05, 4.69) is 0 Å². The van der Waals surface area contributed by atoms with Gasteiger partial charge in [-0.1, -0.05) is 29.8 Å². The first kappa shape index (κ1) is 14.8. The van der Waals surface area contributed by atoms with Crippen LogP contribution in [0.1, 0.15) is 22.2 Å². The van der Waals surface area contributed by atoms with Gasteiger partial charge in [0, 0.05) is 18.7 Å². The Hall–Kier alpha value is -1.65. The van der Waals surface area contributed by atoms with E-state index in [1.807, 2.05) is 49.6 Å². The molecular formula is C16H19NO2S. The number of carbonyl (C=O) groups is 1. The maximum absolute atomic E-state index is 12.5. The minimum atomic E-state index is -0.00911. The highest BCUT2D eigenvalue weighted by Gasteiger charge is 2.19. The van der Waals surface area contributed by atoms with E-state index in [1.165, 1.54) is 16.9 Å². The number of aliphatic hydroxyl groups excluding tert-OH is 1. The zero-order valence-electron chi connectivity index (χ0n) is 11.8. The molecule has 0 saturated carbocycles. The minimum absolute atomic E-state index is 0.00729. The molecule has 1 N–H and O–H groups in total. The Morgan fingerprint density at radius 2 is 1.95 bits per heavy atom. The van der Waals surface area contributed by atoms with Crippen LogP contribution >= 0.6 is 11.3 Å². The molecule has 106 valence electrons. The summed E-state index contributed by atoms with van der Waals surface area (Å²) in [6, 6.07) is 10.2. The molecule has 1 heterocycles. The lowest BCUT2D eigenvalue weighted by atomic mass is 10.0. The molecule has 0 saturated heterocycles. The van der Waals surface area contributed by atoms with Crippen LogP contribution in [-0.4, -0.2) is 35.6 Å². The Morgan fingerprint density at radius 3 is 2.55 bits per heavy atom. The van der Waals surface area contributed by atoms with Gasteiger partial charge in [-0.05, 0) is 30.9 Å². The second kappa shape index (κ2) is 6.68. The summed E-state index contributed by atoms with van der Waals surface area (Å²) in [4.78, 5) is 14.9. The molecule has 1 aromatic carbocycles. The Kier molecular flexibility index (Phi) is 4.93. The molecule has 2 aromatic rings. The van der Waals surface area contributed by atoms with Crippen molar-refractivity contribution in [3.63, 3.8) is 0 Å². The highest BCUT2D eigenvalue weighted by molar-refractivity contribution is 7.12. The van der Waals surface area contributed by atoms with Gasteiger partial charge in [-0.25, -0.2) is 0 Å². The number of aliphatic hydroxyl groups is 1. The fraction of sp³-hybridized carbons (Fsp3) is 0.312. The van der Waals surface area contributed by atoms with E-state index in [1.54, 1.807) is 4.90 Å². The maximum atomic E-state index is 12.5. The van der Waals surface area contributed by atoms with Crippen molar-refractivity contribution in [3.05, 3.63) is 46.2 Å². The second-order valence-electron chi connectivity index (χ2n) is 4.64. The smallest absolute Gasteiger partial charge is 0.264 e. The van der Waals surface area contributed by atoms with Crippen LogP contribution in [0, 0.1) is 6.92 Å². The van der Waals surface area contributed by atoms with E-state index in [0.717, 1.165) is 16.0 Å². The van der Waals surface area contributed by atoms with Gasteiger partial charge in [-0.15, -0.1) is 11.3 Å². The predicted octanol–water partition coefficient (Wildman–Crippen LogP) is 3.18. The van der Waals surface area contributed by atoms with Gasteiger partial charge in [0.05, 0.1) is 11.5 Å². The van der Waals surface area contributed by atoms with Crippen molar-refractivity contribution in [2.75, 3.05) is 19.7 Å². The molecule has 0 atom stereocenters. The summed E-state index contributed by atoms with van der Waals surface area (Å²) in [5, 5.41) is 11.0. The number of hydrogen-bond donors (Lipinski definition) is 1. The molecular weight excluding hydrogens is 270 g/mol. The van der Waals surface area contributed by atoms with E-state index < -0.39 is 0 Å². The molecule has 1 aromatic heterocycles. The Labute approximate surface area is 123 Å². The Morgan fingerprint density at radius 1 is 1.25 bits per heavy atom. The van der Waals surface area contributed by atoms with Crippen molar-refractivity contribution < 1.29 is 9.90 Å². The summed E-state index contributed by atoms with van der Waals surface area (Å²) in [5.74, 6) is -0.00729. The molecule has 0 bridgehead atoms. The standard InChI is InChI=1S/C16H19NO2S/c1-3-17(9-10-18)16(19)15-14(8-11-20-15)13-6-4-12(2)5-7-13/h4-8,11,18H,3,9-10H2,1-2H3. The summed E-state index contributed by atoms with van der Waals surface area (Å²) >= 11 is 1.45. The lowest BCUT2D eigenvalue weighted by Crippen LogP contribution is -2.33. The Balaban J connectivity index is 2.32. The third-order valence-electron chi connectivity index (χ3n) is 3.26. The molecule has 0 fully saturated rings. The molecule has 1 amide bonds. The van der Waals surface area contributed by atoms with Gasteiger partial charge >= 0.3 is 0 Å². The van der Waals surface area contributed by atoms with Crippen LogP contribution in [0.15, 0.2) is 35.7 Å². The monoisotopic (exact) mass is 289 g/mol. The highest BCUT2D eigenvalue weighted by Crippen LogP contribution is 2.29. The summed E-state index contributed by atoms with van der Waals surface area (Å²) in [5.41, 5.74) is 3.23. The number of nitrogens with zero attached hydrogens (tertiary/aromatic N) is 1. The van der Waals surface area contributed by atoms with Crippen molar-refractivity contribution >= 4 is 17.2 Å². The van der Waals surface area contributed by atoms with Crippen molar-refractivity contribution in [3.8, 4) is 11.1 Å². The van der Waals surface area contributed by atoms with E-state index in [-0.39, 0.29) is 12.5 Å². The zero-order valence-corrected chi connectivity index (χ0v) is 12.6. The fourth-order valence-electron chi connectivity index (χ4n) is 2.10. The van der Waals surface area contributed by atoms with Crippen molar-refractivity contribution in [1.82, 2.24) is 4.90 Å². The van der Waals surface area contributed by atoms with E-state index in [4.69, 9.17) is 5.11 Å². The largest absolute Gasteiger partial charge is 0.395 e. The third kappa shape index (κ3) is 3.08. The molecule has 4 heteroatoms. The van der Waals surface area contributed by atoms with Gasteiger partial charge in [-0.3, -0.25) is 4.79 Å². The summed E-state index contributed by atoms with van der Waals surface area (Å²) in [7, 11) is 0. The predicted molar refractivity (Wildman–Crippen MR) is 83.2 cm³/mol. The highest BCUT2D eigenvalue weighted by atomic mass is 32.1. The average molecular weight is 289 g/mol. The van der Waals surface area contributed by atoms with Crippen LogP contribution < -0.4 is 0 Å². The first-order valence-electron chi connectivity index (χ1n) is 6.72. The van der Waals surface area contributed by atoms with Crippen LogP contribution in [0.4, 0.5) is 0 Å². The third-order valence-corrected chi connectivity index (χ3v) is 4.16. The average Bonchev–Trinajstić information content (AvgIpc) is 2.94. The molecule has 0 unspecified atom stereocenters. The molecule has 0 radical (unpaired) electrons. The summed E-state index contributed by atoms with van der Waals surface area (Å²) in [6.07, 6.45) is 0. The van der Waals surface area contributed by atoms with Gasteiger partial charge < -0.3 is 10.0 Å². The number of benzene rings is 1. The van der Waals surface area contributed by atoms with Crippen LogP contribution in [0.25, 0.3) is 11.1 Å². The van der Waals surface area contributed by atoms with Gasteiger partial charge in [0.1, 0.15) is 0 Å². The van der Waals surface area contributed by atoms with E-state index in [0.29, 0.717) is 13.1 Å².